The van der Waals surface area contributed by atoms with E-state index in [0.29, 0.717) is 32.4 Å². The number of aliphatic hydroxyl groups excluding tert-OH is 1. The summed E-state index contributed by atoms with van der Waals surface area (Å²) in [5.41, 5.74) is 0. The van der Waals surface area contributed by atoms with E-state index in [9.17, 15) is 5.11 Å². The highest BCUT2D eigenvalue weighted by atomic mass is 32.2. The Morgan fingerprint density at radius 2 is 1.95 bits per heavy atom. The fraction of sp³-hybridized carbons (Fsp3) is 1.00. The van der Waals surface area contributed by atoms with E-state index in [2.05, 4.69) is 19.2 Å². The molecule has 0 aliphatic carbocycles. The SMILES string of the molecule is CCSCCC(C)NCC(O)COCCOC(C)C. The number of hydrogen-bond acceptors (Lipinski definition) is 5. The Kier molecular flexibility index (Phi) is 13.3. The van der Waals surface area contributed by atoms with Gasteiger partial charge in [0.2, 0.25) is 0 Å². The van der Waals surface area contributed by atoms with Crippen LogP contribution < -0.4 is 5.32 Å². The van der Waals surface area contributed by atoms with E-state index in [1.807, 2.05) is 25.6 Å². The van der Waals surface area contributed by atoms with Crippen molar-refractivity contribution < 1.29 is 14.6 Å². The van der Waals surface area contributed by atoms with Gasteiger partial charge in [0.15, 0.2) is 0 Å². The van der Waals surface area contributed by atoms with Crippen molar-refractivity contribution in [3.8, 4) is 0 Å². The van der Waals surface area contributed by atoms with E-state index in [1.54, 1.807) is 0 Å². The fourth-order valence-corrected chi connectivity index (χ4v) is 2.27. The van der Waals surface area contributed by atoms with Crippen molar-refractivity contribution in [2.45, 2.75) is 52.4 Å². The van der Waals surface area contributed by atoms with Gasteiger partial charge in [0.1, 0.15) is 0 Å². The highest BCUT2D eigenvalue weighted by Crippen LogP contribution is 2.03. The number of rotatable bonds is 13. The first-order valence-corrected chi connectivity index (χ1v) is 8.40. The summed E-state index contributed by atoms with van der Waals surface area (Å²) in [5, 5.41) is 13.1. The lowest BCUT2D eigenvalue weighted by Gasteiger charge is -2.17. The topological polar surface area (TPSA) is 50.7 Å². The van der Waals surface area contributed by atoms with Crippen molar-refractivity contribution in [1.82, 2.24) is 5.32 Å². The van der Waals surface area contributed by atoms with Gasteiger partial charge in [-0.3, -0.25) is 0 Å². The Balaban J connectivity index is 3.35. The van der Waals surface area contributed by atoms with Crippen LogP contribution in [0.1, 0.15) is 34.1 Å². The van der Waals surface area contributed by atoms with E-state index in [0.717, 1.165) is 6.42 Å². The molecule has 0 radical (unpaired) electrons. The van der Waals surface area contributed by atoms with Crippen molar-refractivity contribution in [2.75, 3.05) is 37.9 Å². The van der Waals surface area contributed by atoms with Crippen LogP contribution >= 0.6 is 11.8 Å². The molecule has 0 rings (SSSR count). The molecule has 0 fully saturated rings. The second kappa shape index (κ2) is 13.2. The second-order valence-corrected chi connectivity index (χ2v) is 6.34. The largest absolute Gasteiger partial charge is 0.389 e. The maximum atomic E-state index is 9.74. The van der Waals surface area contributed by atoms with Crippen LogP contribution in [0.2, 0.25) is 0 Å². The normalized spacial score (nSPS) is 14.8. The van der Waals surface area contributed by atoms with Crippen LogP contribution in [-0.2, 0) is 9.47 Å². The third kappa shape index (κ3) is 14.4. The first-order valence-electron chi connectivity index (χ1n) is 7.24. The van der Waals surface area contributed by atoms with Crippen molar-refractivity contribution >= 4 is 11.8 Å². The van der Waals surface area contributed by atoms with Gasteiger partial charge < -0.3 is 19.9 Å². The van der Waals surface area contributed by atoms with Gasteiger partial charge in [-0.1, -0.05) is 6.92 Å². The maximum Gasteiger partial charge on any atom is 0.0897 e. The molecule has 5 heteroatoms. The Hall–Kier alpha value is 0.190. The van der Waals surface area contributed by atoms with Crippen LogP contribution in [0.25, 0.3) is 0 Å². The molecule has 2 N–H and O–H groups in total. The van der Waals surface area contributed by atoms with E-state index in [-0.39, 0.29) is 6.10 Å². The highest BCUT2D eigenvalue weighted by Gasteiger charge is 2.07. The van der Waals surface area contributed by atoms with Crippen LogP contribution in [0.15, 0.2) is 0 Å². The fourth-order valence-electron chi connectivity index (χ4n) is 1.46. The van der Waals surface area contributed by atoms with Gasteiger partial charge in [-0.25, -0.2) is 0 Å². The molecule has 0 aromatic heterocycles. The van der Waals surface area contributed by atoms with Crippen LogP contribution in [0, 0.1) is 0 Å². The number of ether oxygens (including phenoxy) is 2. The number of hydrogen-bond donors (Lipinski definition) is 2. The molecule has 2 atom stereocenters. The zero-order valence-electron chi connectivity index (χ0n) is 12.9. The molecule has 0 bridgehead atoms. The molecule has 0 aliphatic rings. The molecule has 116 valence electrons. The molecule has 2 unspecified atom stereocenters. The summed E-state index contributed by atoms with van der Waals surface area (Å²) in [7, 11) is 0. The Bertz CT molecular complexity index is 194. The predicted octanol–water partition coefficient (Wildman–Crippen LogP) is 1.91. The molecular formula is C14H31NO3S. The highest BCUT2D eigenvalue weighted by molar-refractivity contribution is 7.99. The summed E-state index contributed by atoms with van der Waals surface area (Å²) in [4.78, 5) is 0. The monoisotopic (exact) mass is 293 g/mol. The summed E-state index contributed by atoms with van der Waals surface area (Å²) < 4.78 is 10.7. The van der Waals surface area contributed by atoms with E-state index in [4.69, 9.17) is 9.47 Å². The quantitative estimate of drug-likeness (QED) is 0.508. The number of nitrogens with one attached hydrogen (secondary N) is 1. The van der Waals surface area contributed by atoms with E-state index >= 15 is 0 Å². The molecule has 0 aromatic carbocycles. The molecule has 0 spiro atoms. The smallest absolute Gasteiger partial charge is 0.0897 e. The Morgan fingerprint density at radius 3 is 2.58 bits per heavy atom. The lowest BCUT2D eigenvalue weighted by atomic mass is 10.2. The van der Waals surface area contributed by atoms with Crippen LogP contribution in [0.3, 0.4) is 0 Å². The lowest BCUT2D eigenvalue weighted by Crippen LogP contribution is -2.36. The van der Waals surface area contributed by atoms with Gasteiger partial charge in [0.05, 0.1) is 32.0 Å². The molecule has 0 aliphatic heterocycles. The minimum atomic E-state index is -0.444. The van der Waals surface area contributed by atoms with Crippen molar-refractivity contribution in [2.24, 2.45) is 0 Å². The molecule has 19 heavy (non-hydrogen) atoms. The average molecular weight is 293 g/mol. The molecule has 0 saturated heterocycles. The van der Waals surface area contributed by atoms with Gasteiger partial charge in [-0.2, -0.15) is 11.8 Å². The number of aliphatic hydroxyl groups is 1. The van der Waals surface area contributed by atoms with Crippen LogP contribution in [0.4, 0.5) is 0 Å². The van der Waals surface area contributed by atoms with E-state index < -0.39 is 6.10 Å². The van der Waals surface area contributed by atoms with Gasteiger partial charge >= 0.3 is 0 Å². The average Bonchev–Trinajstić information content (AvgIpc) is 2.36. The zero-order valence-corrected chi connectivity index (χ0v) is 13.7. The van der Waals surface area contributed by atoms with E-state index in [1.165, 1.54) is 11.5 Å². The van der Waals surface area contributed by atoms with Crippen LogP contribution in [-0.4, -0.2) is 61.2 Å². The van der Waals surface area contributed by atoms with Gasteiger partial charge in [0, 0.05) is 12.6 Å². The molecule has 0 aromatic rings. The van der Waals surface area contributed by atoms with Crippen LogP contribution in [0.5, 0.6) is 0 Å². The van der Waals surface area contributed by atoms with Gasteiger partial charge in [-0.15, -0.1) is 0 Å². The lowest BCUT2D eigenvalue weighted by molar-refractivity contribution is -0.0104. The molecule has 0 heterocycles. The molecule has 0 amide bonds. The summed E-state index contributed by atoms with van der Waals surface area (Å²) in [6.07, 6.45) is 0.922. The minimum Gasteiger partial charge on any atom is -0.389 e. The Labute approximate surface area is 122 Å². The van der Waals surface area contributed by atoms with Crippen molar-refractivity contribution in [3.63, 3.8) is 0 Å². The van der Waals surface area contributed by atoms with Crippen molar-refractivity contribution in [3.05, 3.63) is 0 Å². The molecule has 4 nitrogen and oxygen atoms in total. The predicted molar refractivity (Wildman–Crippen MR) is 83.0 cm³/mol. The minimum absolute atomic E-state index is 0.233. The summed E-state index contributed by atoms with van der Waals surface area (Å²) >= 11 is 1.95. The van der Waals surface area contributed by atoms with Gasteiger partial charge in [-0.05, 0) is 38.7 Å². The first kappa shape index (κ1) is 19.2. The standard InChI is InChI=1S/C14H31NO3S/c1-5-19-9-6-13(4)15-10-14(16)11-17-7-8-18-12(2)3/h12-16H,5-11H2,1-4H3. The summed E-state index contributed by atoms with van der Waals surface area (Å²) in [6, 6.07) is 0.443. The van der Waals surface area contributed by atoms with Gasteiger partial charge in [0.25, 0.3) is 0 Å². The Morgan fingerprint density at radius 1 is 1.21 bits per heavy atom. The summed E-state index contributed by atoms with van der Waals surface area (Å²) in [5.74, 6) is 2.34. The number of thioether (sulfide) groups is 1. The maximum absolute atomic E-state index is 9.74. The molecular weight excluding hydrogens is 262 g/mol. The third-order valence-corrected chi connectivity index (χ3v) is 3.52. The first-order chi connectivity index (χ1) is 9.06. The summed E-state index contributed by atoms with van der Waals surface area (Å²) in [6.45, 7) is 10.4. The van der Waals surface area contributed by atoms with Crippen molar-refractivity contribution in [1.29, 1.82) is 0 Å². The second-order valence-electron chi connectivity index (χ2n) is 4.94. The third-order valence-electron chi connectivity index (χ3n) is 2.59. The zero-order chi connectivity index (χ0) is 14.5. The molecule has 0 saturated carbocycles.